The van der Waals surface area contributed by atoms with Crippen molar-refractivity contribution < 1.29 is 25.2 Å². The van der Waals surface area contributed by atoms with Crippen LogP contribution in [0.25, 0.3) is 0 Å². The van der Waals surface area contributed by atoms with Gasteiger partial charge in [-0.05, 0) is 32.2 Å². The summed E-state index contributed by atoms with van der Waals surface area (Å²) < 4.78 is 5.37. The molecule has 5 atom stereocenters. The molecule has 0 radical (unpaired) electrons. The molecule has 0 bridgehead atoms. The van der Waals surface area contributed by atoms with Gasteiger partial charge in [-0.2, -0.15) is 0 Å². The highest BCUT2D eigenvalue weighted by molar-refractivity contribution is 7.99. The first kappa shape index (κ1) is 16.2. The molecule has 1 heterocycles. The third kappa shape index (κ3) is 4.34. The molecule has 18 heavy (non-hydrogen) atoms. The molecule has 0 spiro atoms. The van der Waals surface area contributed by atoms with Crippen molar-refractivity contribution in [2.45, 2.75) is 42.7 Å². The maximum absolute atomic E-state index is 9.77. The monoisotopic (exact) mass is 281 g/mol. The molecule has 1 rings (SSSR count). The van der Waals surface area contributed by atoms with Gasteiger partial charge in [0.2, 0.25) is 0 Å². The number of rotatable bonds is 7. The Balaban J connectivity index is 2.35. The largest absolute Gasteiger partial charge is 0.394 e. The predicted octanol–water partition coefficient (Wildman–Crippen LogP) is -1.48. The highest BCUT2D eigenvalue weighted by Crippen LogP contribution is 2.28. The number of thioether (sulfide) groups is 1. The lowest BCUT2D eigenvalue weighted by Crippen LogP contribution is -2.57. The number of hydrogen-bond donors (Lipinski definition) is 5. The van der Waals surface area contributed by atoms with Crippen LogP contribution in [0, 0.1) is 0 Å². The highest BCUT2D eigenvalue weighted by Gasteiger charge is 2.43. The smallest absolute Gasteiger partial charge is 0.132 e. The van der Waals surface area contributed by atoms with E-state index in [9.17, 15) is 15.3 Å². The van der Waals surface area contributed by atoms with Crippen LogP contribution in [-0.4, -0.2) is 76.2 Å². The minimum atomic E-state index is -1.27. The quantitative estimate of drug-likeness (QED) is 0.363. The summed E-state index contributed by atoms with van der Waals surface area (Å²) in [6, 6.07) is 0. The fourth-order valence-electron chi connectivity index (χ4n) is 1.81. The normalized spacial score (nSPS) is 36.8. The van der Waals surface area contributed by atoms with Crippen LogP contribution in [0.3, 0.4) is 0 Å². The highest BCUT2D eigenvalue weighted by atomic mass is 32.2. The summed E-state index contributed by atoms with van der Waals surface area (Å²) in [6.45, 7) is 0.566. The molecule has 1 saturated heterocycles. The van der Waals surface area contributed by atoms with E-state index in [0.29, 0.717) is 0 Å². The van der Waals surface area contributed by atoms with Crippen LogP contribution in [0.1, 0.15) is 12.8 Å². The van der Waals surface area contributed by atoms with Gasteiger partial charge in [0.05, 0.1) is 6.61 Å². The first-order valence-corrected chi connectivity index (χ1v) is 7.23. The fraction of sp³-hybridized carbons (Fsp3) is 1.00. The van der Waals surface area contributed by atoms with E-state index in [-0.39, 0.29) is 6.61 Å². The van der Waals surface area contributed by atoms with Gasteiger partial charge in [0, 0.05) is 0 Å². The van der Waals surface area contributed by atoms with Crippen molar-refractivity contribution >= 4 is 11.8 Å². The van der Waals surface area contributed by atoms with Crippen molar-refractivity contribution in [3.8, 4) is 0 Å². The summed E-state index contributed by atoms with van der Waals surface area (Å²) in [5.74, 6) is 0.796. The topological polar surface area (TPSA) is 102 Å². The number of hydrogen-bond acceptors (Lipinski definition) is 7. The molecular weight excluding hydrogens is 258 g/mol. The molecule has 0 saturated carbocycles. The molecular formula is C11H23NO5S. The van der Waals surface area contributed by atoms with Gasteiger partial charge in [-0.25, -0.2) is 0 Å². The Morgan fingerprint density at radius 2 is 1.83 bits per heavy atom. The third-order valence-corrected chi connectivity index (χ3v) is 4.19. The van der Waals surface area contributed by atoms with Gasteiger partial charge in [-0.1, -0.05) is 0 Å². The Hall–Kier alpha value is 0.110. The fourth-order valence-corrected chi connectivity index (χ4v) is 2.99. The van der Waals surface area contributed by atoms with Crippen LogP contribution in [-0.2, 0) is 4.74 Å². The Bertz CT molecular complexity index is 231. The van der Waals surface area contributed by atoms with Crippen molar-refractivity contribution in [1.82, 2.24) is 5.32 Å². The number of ether oxygens (including phenoxy) is 1. The number of aliphatic hydroxyl groups is 4. The van der Waals surface area contributed by atoms with Crippen LogP contribution in [0.4, 0.5) is 0 Å². The third-order valence-electron chi connectivity index (χ3n) is 2.95. The summed E-state index contributed by atoms with van der Waals surface area (Å²) in [4.78, 5) is 0. The predicted molar refractivity (Wildman–Crippen MR) is 69.4 cm³/mol. The lowest BCUT2D eigenvalue weighted by atomic mass is 10.0. The Labute approximate surface area is 111 Å². The van der Waals surface area contributed by atoms with E-state index < -0.39 is 29.9 Å². The summed E-state index contributed by atoms with van der Waals surface area (Å²) in [7, 11) is 1.89. The van der Waals surface area contributed by atoms with Gasteiger partial charge in [0.25, 0.3) is 0 Å². The van der Waals surface area contributed by atoms with Gasteiger partial charge in [0.15, 0.2) is 0 Å². The zero-order valence-corrected chi connectivity index (χ0v) is 11.3. The van der Waals surface area contributed by atoms with Crippen LogP contribution >= 0.6 is 11.8 Å². The van der Waals surface area contributed by atoms with Crippen molar-refractivity contribution in [2.24, 2.45) is 0 Å². The second-order valence-corrected chi connectivity index (χ2v) is 5.58. The van der Waals surface area contributed by atoms with E-state index in [1.165, 1.54) is 11.8 Å². The zero-order chi connectivity index (χ0) is 13.5. The van der Waals surface area contributed by atoms with Gasteiger partial charge in [-0.3, -0.25) is 0 Å². The maximum Gasteiger partial charge on any atom is 0.132 e. The molecule has 6 nitrogen and oxygen atoms in total. The summed E-state index contributed by atoms with van der Waals surface area (Å²) >= 11 is 1.40. The molecule has 1 aliphatic rings. The van der Waals surface area contributed by atoms with E-state index >= 15 is 0 Å². The maximum atomic E-state index is 9.77. The van der Waals surface area contributed by atoms with Gasteiger partial charge in [0.1, 0.15) is 29.9 Å². The average molecular weight is 281 g/mol. The SMILES string of the molecule is CNCCCCS[C@@H]1O[C@H](CO)[C@H](O)[C@H](O)[C@H]1O. The Morgan fingerprint density at radius 3 is 2.44 bits per heavy atom. The lowest BCUT2D eigenvalue weighted by Gasteiger charge is -2.39. The molecule has 1 fully saturated rings. The first-order valence-electron chi connectivity index (χ1n) is 6.18. The number of unbranched alkanes of at least 4 members (excludes halogenated alkanes) is 1. The first-order chi connectivity index (χ1) is 8.61. The lowest BCUT2D eigenvalue weighted by molar-refractivity contribution is -0.205. The molecule has 7 heteroatoms. The Morgan fingerprint density at radius 1 is 1.11 bits per heavy atom. The summed E-state index contributed by atoms with van der Waals surface area (Å²) in [6.07, 6.45) is -2.48. The minimum absolute atomic E-state index is 0.373. The average Bonchev–Trinajstić information content (AvgIpc) is 2.38. The van der Waals surface area contributed by atoms with Crippen LogP contribution in [0.15, 0.2) is 0 Å². The molecule has 1 aliphatic heterocycles. The Kier molecular flexibility index (Phi) is 7.47. The van der Waals surface area contributed by atoms with Gasteiger partial charge in [-0.15, -0.1) is 11.8 Å². The molecule has 108 valence electrons. The van der Waals surface area contributed by atoms with Gasteiger partial charge < -0.3 is 30.5 Å². The van der Waals surface area contributed by atoms with Crippen molar-refractivity contribution in [1.29, 1.82) is 0 Å². The molecule has 0 aromatic rings. The van der Waals surface area contributed by atoms with E-state index in [2.05, 4.69) is 5.32 Å². The summed E-state index contributed by atoms with van der Waals surface area (Å²) in [5.41, 5.74) is -0.602. The summed E-state index contributed by atoms with van der Waals surface area (Å²) in [5, 5.41) is 41.1. The standard InChI is InChI=1S/C11H23NO5S/c1-12-4-2-3-5-18-11-10(16)9(15)8(14)7(6-13)17-11/h7-16H,2-6H2,1H3/t7-,8+,9+,10-,11+/m1/s1. The van der Waals surface area contributed by atoms with Crippen molar-refractivity contribution in [2.75, 3.05) is 26.0 Å². The molecule has 0 aliphatic carbocycles. The van der Waals surface area contributed by atoms with Crippen LogP contribution in [0.5, 0.6) is 0 Å². The van der Waals surface area contributed by atoms with E-state index in [0.717, 1.165) is 25.1 Å². The molecule has 0 aromatic carbocycles. The second-order valence-electron chi connectivity index (χ2n) is 4.38. The molecule has 0 unspecified atom stereocenters. The number of nitrogens with one attached hydrogen (secondary N) is 1. The molecule has 0 amide bonds. The zero-order valence-electron chi connectivity index (χ0n) is 10.5. The number of aliphatic hydroxyl groups excluding tert-OH is 4. The van der Waals surface area contributed by atoms with Crippen LogP contribution in [0.2, 0.25) is 0 Å². The van der Waals surface area contributed by atoms with Gasteiger partial charge >= 0.3 is 0 Å². The van der Waals surface area contributed by atoms with E-state index in [1.807, 2.05) is 7.05 Å². The van der Waals surface area contributed by atoms with E-state index in [4.69, 9.17) is 9.84 Å². The second kappa shape index (κ2) is 8.31. The molecule has 5 N–H and O–H groups in total. The van der Waals surface area contributed by atoms with Crippen molar-refractivity contribution in [3.63, 3.8) is 0 Å². The van der Waals surface area contributed by atoms with Crippen molar-refractivity contribution in [3.05, 3.63) is 0 Å². The molecule has 0 aromatic heterocycles. The minimum Gasteiger partial charge on any atom is -0.394 e. The van der Waals surface area contributed by atoms with E-state index in [1.54, 1.807) is 0 Å². The van der Waals surface area contributed by atoms with Crippen LogP contribution < -0.4 is 5.32 Å².